The third-order valence-corrected chi connectivity index (χ3v) is 2.76. The Bertz CT molecular complexity index is 566. The first-order valence-corrected chi connectivity index (χ1v) is 6.56. The Morgan fingerprint density at radius 1 is 1.32 bits per heavy atom. The minimum absolute atomic E-state index is 0.105. The van der Waals surface area contributed by atoms with E-state index < -0.39 is 23.7 Å². The first-order chi connectivity index (χ1) is 10.1. The van der Waals surface area contributed by atoms with Crippen molar-refractivity contribution < 1.29 is 27.5 Å². The van der Waals surface area contributed by atoms with E-state index in [2.05, 4.69) is 4.74 Å². The number of esters is 1. The van der Waals surface area contributed by atoms with Gasteiger partial charge in [-0.25, -0.2) is 4.79 Å². The van der Waals surface area contributed by atoms with E-state index in [1.807, 2.05) is 5.32 Å². The summed E-state index contributed by atoms with van der Waals surface area (Å²) in [6.45, 7) is 1.93. The standard InChI is InChI=1S/C13H14ClF3N2O3/c1-3-22-11(21)12(13(15,16)17,18-8(2)20)19-10-6-4-5-9(14)7-10/h4-7,19H,3H2,1-2H3,(H,18,20)/t12-/m0/s1. The molecule has 1 aromatic carbocycles. The summed E-state index contributed by atoms with van der Waals surface area (Å²) in [6.07, 6.45) is -5.15. The van der Waals surface area contributed by atoms with Crippen molar-refractivity contribution in [3.63, 3.8) is 0 Å². The second kappa shape index (κ2) is 6.87. The van der Waals surface area contributed by atoms with E-state index in [9.17, 15) is 22.8 Å². The average molecular weight is 339 g/mol. The number of rotatable bonds is 5. The summed E-state index contributed by atoms with van der Waals surface area (Å²) in [5.74, 6) is -2.72. The van der Waals surface area contributed by atoms with E-state index >= 15 is 0 Å². The number of ether oxygens (including phenoxy) is 1. The largest absolute Gasteiger partial charge is 0.463 e. The number of benzene rings is 1. The van der Waals surface area contributed by atoms with E-state index in [-0.39, 0.29) is 17.3 Å². The Balaban J connectivity index is 3.34. The van der Waals surface area contributed by atoms with Gasteiger partial charge in [-0.3, -0.25) is 4.79 Å². The molecule has 5 nitrogen and oxygen atoms in total. The topological polar surface area (TPSA) is 67.4 Å². The number of alkyl halides is 3. The summed E-state index contributed by atoms with van der Waals surface area (Å²) in [6, 6.07) is 5.30. The molecule has 0 aromatic heterocycles. The minimum Gasteiger partial charge on any atom is -0.463 e. The maximum absolute atomic E-state index is 13.5. The molecule has 122 valence electrons. The van der Waals surface area contributed by atoms with Gasteiger partial charge < -0.3 is 15.4 Å². The molecule has 22 heavy (non-hydrogen) atoms. The number of nitrogens with one attached hydrogen (secondary N) is 2. The Morgan fingerprint density at radius 3 is 2.41 bits per heavy atom. The molecule has 0 heterocycles. The summed E-state index contributed by atoms with van der Waals surface area (Å²) in [5, 5.41) is 3.73. The highest BCUT2D eigenvalue weighted by Gasteiger charge is 2.63. The second-order valence-corrected chi connectivity index (χ2v) is 4.72. The fourth-order valence-electron chi connectivity index (χ4n) is 1.68. The summed E-state index contributed by atoms with van der Waals surface area (Å²) in [7, 11) is 0. The van der Waals surface area contributed by atoms with Gasteiger partial charge in [-0.1, -0.05) is 17.7 Å². The van der Waals surface area contributed by atoms with Gasteiger partial charge in [0, 0.05) is 17.6 Å². The summed E-state index contributed by atoms with van der Waals surface area (Å²) < 4.78 is 44.9. The van der Waals surface area contributed by atoms with Gasteiger partial charge in [-0.2, -0.15) is 13.2 Å². The Kier molecular flexibility index (Phi) is 5.65. The number of amides is 1. The van der Waals surface area contributed by atoms with E-state index in [0.717, 1.165) is 6.92 Å². The van der Waals surface area contributed by atoms with E-state index in [1.165, 1.54) is 31.2 Å². The zero-order chi connectivity index (χ0) is 17.0. The van der Waals surface area contributed by atoms with Crippen LogP contribution in [0.1, 0.15) is 13.8 Å². The fourth-order valence-corrected chi connectivity index (χ4v) is 1.87. The van der Waals surface area contributed by atoms with Crippen LogP contribution in [0.3, 0.4) is 0 Å². The number of carbonyl (C=O) groups is 2. The second-order valence-electron chi connectivity index (χ2n) is 4.28. The van der Waals surface area contributed by atoms with Crippen LogP contribution in [0.4, 0.5) is 18.9 Å². The molecule has 0 aliphatic carbocycles. The molecule has 0 fully saturated rings. The van der Waals surface area contributed by atoms with Crippen LogP contribution in [0.5, 0.6) is 0 Å². The van der Waals surface area contributed by atoms with Crippen molar-refractivity contribution in [3.05, 3.63) is 29.3 Å². The number of carbonyl (C=O) groups excluding carboxylic acids is 2. The Hall–Kier alpha value is -1.96. The molecule has 0 radical (unpaired) electrons. The molecule has 1 amide bonds. The van der Waals surface area contributed by atoms with Crippen molar-refractivity contribution in [1.29, 1.82) is 0 Å². The van der Waals surface area contributed by atoms with Crippen molar-refractivity contribution in [2.75, 3.05) is 11.9 Å². The zero-order valence-corrected chi connectivity index (χ0v) is 12.5. The van der Waals surface area contributed by atoms with Gasteiger partial charge in [-0.05, 0) is 25.1 Å². The van der Waals surface area contributed by atoms with Gasteiger partial charge >= 0.3 is 17.8 Å². The molecule has 2 N–H and O–H groups in total. The van der Waals surface area contributed by atoms with Gasteiger partial charge in [-0.15, -0.1) is 0 Å². The molecule has 1 atom stereocenters. The number of anilines is 1. The first kappa shape index (κ1) is 18.1. The van der Waals surface area contributed by atoms with E-state index in [1.54, 1.807) is 5.32 Å². The third kappa shape index (κ3) is 4.03. The summed E-state index contributed by atoms with van der Waals surface area (Å²) in [5.41, 5.74) is -3.51. The lowest BCUT2D eigenvalue weighted by Gasteiger charge is -2.35. The lowest BCUT2D eigenvalue weighted by Crippen LogP contribution is -2.69. The monoisotopic (exact) mass is 338 g/mol. The summed E-state index contributed by atoms with van der Waals surface area (Å²) >= 11 is 5.71. The van der Waals surface area contributed by atoms with Crippen LogP contribution in [0, 0.1) is 0 Å². The lowest BCUT2D eigenvalue weighted by molar-refractivity contribution is -0.207. The maximum atomic E-state index is 13.5. The number of halogens is 4. The Labute approximate surface area is 129 Å². The van der Waals surface area contributed by atoms with Crippen LogP contribution < -0.4 is 10.6 Å². The van der Waals surface area contributed by atoms with Crippen molar-refractivity contribution in [3.8, 4) is 0 Å². The lowest BCUT2D eigenvalue weighted by atomic mass is 10.1. The number of hydrogen-bond donors (Lipinski definition) is 2. The van der Waals surface area contributed by atoms with Crippen molar-refractivity contribution in [2.45, 2.75) is 25.7 Å². The van der Waals surface area contributed by atoms with E-state index in [0.29, 0.717) is 0 Å². The molecule has 9 heteroatoms. The maximum Gasteiger partial charge on any atom is 0.441 e. The molecular formula is C13H14ClF3N2O3. The molecule has 1 rings (SSSR count). The van der Waals surface area contributed by atoms with Crippen molar-refractivity contribution >= 4 is 29.2 Å². The molecule has 0 aliphatic rings. The molecule has 1 aromatic rings. The predicted molar refractivity (Wildman–Crippen MR) is 74.3 cm³/mol. The third-order valence-electron chi connectivity index (χ3n) is 2.53. The predicted octanol–water partition coefficient (Wildman–Crippen LogP) is 2.71. The molecule has 0 saturated heterocycles. The molecule has 0 bridgehead atoms. The van der Waals surface area contributed by atoms with Crippen LogP contribution in [0.15, 0.2) is 24.3 Å². The smallest absolute Gasteiger partial charge is 0.441 e. The molecule has 0 saturated carbocycles. The highest BCUT2D eigenvalue weighted by Crippen LogP contribution is 2.33. The normalized spacial score (nSPS) is 13.9. The van der Waals surface area contributed by atoms with E-state index in [4.69, 9.17) is 11.6 Å². The minimum atomic E-state index is -5.15. The van der Waals surface area contributed by atoms with Crippen molar-refractivity contribution in [2.24, 2.45) is 0 Å². The van der Waals surface area contributed by atoms with Crippen LogP contribution in [-0.4, -0.2) is 30.3 Å². The average Bonchev–Trinajstić information content (AvgIpc) is 2.36. The summed E-state index contributed by atoms with van der Waals surface area (Å²) in [4.78, 5) is 23.1. The SMILES string of the molecule is CCOC(=O)[C@](NC(C)=O)(Nc1cccc(Cl)c1)C(F)(F)F. The highest BCUT2D eigenvalue weighted by atomic mass is 35.5. The number of hydrogen-bond acceptors (Lipinski definition) is 4. The fraction of sp³-hybridized carbons (Fsp3) is 0.385. The molecule has 0 aliphatic heterocycles. The van der Waals surface area contributed by atoms with Crippen LogP contribution in [0.2, 0.25) is 5.02 Å². The van der Waals surface area contributed by atoms with Gasteiger partial charge in [0.15, 0.2) is 0 Å². The van der Waals surface area contributed by atoms with Crippen LogP contribution in [0.25, 0.3) is 0 Å². The highest BCUT2D eigenvalue weighted by molar-refractivity contribution is 6.30. The molecule has 0 unspecified atom stereocenters. The van der Waals surface area contributed by atoms with Gasteiger partial charge in [0.2, 0.25) is 5.91 Å². The van der Waals surface area contributed by atoms with Gasteiger partial charge in [0.05, 0.1) is 6.61 Å². The molecule has 0 spiro atoms. The van der Waals surface area contributed by atoms with Crippen LogP contribution in [-0.2, 0) is 14.3 Å². The molecular weight excluding hydrogens is 325 g/mol. The zero-order valence-electron chi connectivity index (χ0n) is 11.8. The van der Waals surface area contributed by atoms with Crippen LogP contribution >= 0.6 is 11.6 Å². The first-order valence-electron chi connectivity index (χ1n) is 6.19. The van der Waals surface area contributed by atoms with Gasteiger partial charge in [0.25, 0.3) is 0 Å². The Morgan fingerprint density at radius 2 is 1.95 bits per heavy atom. The van der Waals surface area contributed by atoms with Crippen molar-refractivity contribution in [1.82, 2.24) is 5.32 Å². The van der Waals surface area contributed by atoms with Gasteiger partial charge in [0.1, 0.15) is 0 Å². The quantitative estimate of drug-likeness (QED) is 0.640.